The molecule has 0 saturated heterocycles. The number of halogens is 3. The average Bonchev–Trinajstić information content (AvgIpc) is 2.53. The average molecular weight is 308 g/mol. The first kappa shape index (κ1) is 14.4. The summed E-state index contributed by atoms with van der Waals surface area (Å²) in [6, 6.07) is 8.11. The van der Waals surface area contributed by atoms with Crippen molar-refractivity contribution in [3.05, 3.63) is 47.7 Å². The summed E-state index contributed by atoms with van der Waals surface area (Å²) in [6.07, 6.45) is -4.02. The Balaban J connectivity index is 2.07. The molecule has 1 aromatic heterocycles. The summed E-state index contributed by atoms with van der Waals surface area (Å²) in [5.41, 5.74) is 0.660. The third-order valence-electron chi connectivity index (χ3n) is 3.33. The third-order valence-corrected chi connectivity index (χ3v) is 3.33. The van der Waals surface area contributed by atoms with Crippen molar-refractivity contribution in [1.82, 2.24) is 4.98 Å². The highest BCUT2D eigenvalue weighted by Crippen LogP contribution is 2.33. The van der Waals surface area contributed by atoms with Crippen LogP contribution in [-0.4, -0.2) is 22.5 Å². The van der Waals surface area contributed by atoms with Gasteiger partial charge in [0.1, 0.15) is 17.2 Å². The number of nitrogens with zero attached hydrogens (tertiary/aromatic N) is 2. The zero-order valence-electron chi connectivity index (χ0n) is 11.3. The lowest BCUT2D eigenvalue weighted by atomic mass is 10.0. The Morgan fingerprint density at radius 3 is 2.73 bits per heavy atom. The number of fused-ring (bicyclic) bond motifs is 1. The van der Waals surface area contributed by atoms with Gasteiger partial charge in [-0.15, -0.1) is 0 Å². The molecule has 0 aliphatic carbocycles. The Morgan fingerprint density at radius 2 is 2.00 bits per heavy atom. The maximum Gasteiger partial charge on any atom is 0.416 e. The molecule has 0 unspecified atom stereocenters. The number of aromatic nitrogens is 1. The number of rotatable bonds is 1. The molecule has 4 nitrogen and oxygen atoms in total. The van der Waals surface area contributed by atoms with E-state index in [-0.39, 0.29) is 0 Å². The summed E-state index contributed by atoms with van der Waals surface area (Å²) in [6.45, 7) is 0.372. The standard InChI is InChI=1S/C15H11F3N2O2/c16-15(17,18)10-3-1-2-9(8-10)11-4-5-13-14(19-11)12(20-21)6-7-22-13/h1-5,8,21H,6-7H2/b20-12-. The van der Waals surface area contributed by atoms with Crippen LogP contribution in [0.25, 0.3) is 11.3 Å². The van der Waals surface area contributed by atoms with Crippen LogP contribution in [0.1, 0.15) is 17.7 Å². The van der Waals surface area contributed by atoms with Gasteiger partial charge in [-0.05, 0) is 24.3 Å². The van der Waals surface area contributed by atoms with Gasteiger partial charge < -0.3 is 9.94 Å². The van der Waals surface area contributed by atoms with Crippen molar-refractivity contribution in [3.8, 4) is 17.0 Å². The molecule has 22 heavy (non-hydrogen) atoms. The Kier molecular flexibility index (Phi) is 3.48. The SMILES string of the molecule is O/N=C1/CCOc2ccc(-c3cccc(C(F)(F)F)c3)nc21. The third kappa shape index (κ3) is 2.61. The van der Waals surface area contributed by atoms with Crippen molar-refractivity contribution >= 4 is 5.71 Å². The van der Waals surface area contributed by atoms with Crippen LogP contribution in [0.4, 0.5) is 13.2 Å². The van der Waals surface area contributed by atoms with Gasteiger partial charge in [0.2, 0.25) is 0 Å². The number of alkyl halides is 3. The fraction of sp³-hybridized carbons (Fsp3) is 0.200. The molecule has 1 aliphatic rings. The fourth-order valence-electron chi connectivity index (χ4n) is 2.26. The second-order valence-electron chi connectivity index (χ2n) is 4.77. The maximum absolute atomic E-state index is 12.8. The van der Waals surface area contributed by atoms with E-state index in [4.69, 9.17) is 9.94 Å². The molecule has 1 aliphatic heterocycles. The van der Waals surface area contributed by atoms with E-state index in [9.17, 15) is 13.2 Å². The smallest absolute Gasteiger partial charge is 0.416 e. The molecule has 0 amide bonds. The second-order valence-corrected chi connectivity index (χ2v) is 4.77. The van der Waals surface area contributed by atoms with Crippen molar-refractivity contribution < 1.29 is 23.1 Å². The molecule has 1 aromatic carbocycles. The molecule has 0 spiro atoms. The monoisotopic (exact) mass is 308 g/mol. The van der Waals surface area contributed by atoms with Gasteiger partial charge in [-0.25, -0.2) is 4.98 Å². The summed E-state index contributed by atoms with van der Waals surface area (Å²) in [5, 5.41) is 12.2. The van der Waals surface area contributed by atoms with Crippen LogP contribution in [0.3, 0.4) is 0 Å². The van der Waals surface area contributed by atoms with Gasteiger partial charge in [0.25, 0.3) is 0 Å². The molecule has 0 atom stereocenters. The summed E-state index contributed by atoms with van der Waals surface area (Å²) in [7, 11) is 0. The predicted octanol–water partition coefficient (Wildman–Crippen LogP) is 3.73. The minimum absolute atomic E-state index is 0.334. The van der Waals surface area contributed by atoms with E-state index in [2.05, 4.69) is 10.1 Å². The van der Waals surface area contributed by atoms with Crippen LogP contribution in [0.2, 0.25) is 0 Å². The summed E-state index contributed by atoms with van der Waals surface area (Å²) >= 11 is 0. The van der Waals surface area contributed by atoms with E-state index in [1.807, 2.05) is 0 Å². The predicted molar refractivity (Wildman–Crippen MR) is 73.1 cm³/mol. The Bertz CT molecular complexity index is 742. The van der Waals surface area contributed by atoms with Crippen LogP contribution in [0.5, 0.6) is 5.75 Å². The van der Waals surface area contributed by atoms with Gasteiger partial charge in [0.05, 0.1) is 17.9 Å². The summed E-state index contributed by atoms with van der Waals surface area (Å²) in [4.78, 5) is 4.28. The first-order valence-corrected chi connectivity index (χ1v) is 6.52. The normalized spacial score (nSPS) is 16.2. The number of hydrogen-bond donors (Lipinski definition) is 1. The molecule has 0 bridgehead atoms. The highest BCUT2D eigenvalue weighted by molar-refractivity contribution is 6.02. The van der Waals surface area contributed by atoms with E-state index in [1.165, 1.54) is 6.07 Å². The topological polar surface area (TPSA) is 54.7 Å². The largest absolute Gasteiger partial charge is 0.491 e. The molecule has 2 heterocycles. The van der Waals surface area contributed by atoms with Crippen LogP contribution in [-0.2, 0) is 6.18 Å². The summed E-state index contributed by atoms with van der Waals surface area (Å²) < 4.78 is 43.7. The van der Waals surface area contributed by atoms with E-state index >= 15 is 0 Å². The van der Waals surface area contributed by atoms with E-state index in [1.54, 1.807) is 18.2 Å². The van der Waals surface area contributed by atoms with Gasteiger partial charge in [0, 0.05) is 12.0 Å². The van der Waals surface area contributed by atoms with Gasteiger partial charge in [0.15, 0.2) is 0 Å². The lowest BCUT2D eigenvalue weighted by Gasteiger charge is -2.18. The van der Waals surface area contributed by atoms with Crippen molar-refractivity contribution in [3.63, 3.8) is 0 Å². The zero-order chi connectivity index (χ0) is 15.7. The minimum Gasteiger partial charge on any atom is -0.491 e. The first-order valence-electron chi connectivity index (χ1n) is 6.52. The molecular weight excluding hydrogens is 297 g/mol. The van der Waals surface area contributed by atoms with E-state index < -0.39 is 11.7 Å². The molecule has 7 heteroatoms. The fourth-order valence-corrected chi connectivity index (χ4v) is 2.26. The maximum atomic E-state index is 12.8. The molecule has 0 fully saturated rings. The van der Waals surface area contributed by atoms with Gasteiger partial charge >= 0.3 is 6.18 Å². The van der Waals surface area contributed by atoms with Crippen LogP contribution < -0.4 is 4.74 Å². The van der Waals surface area contributed by atoms with Gasteiger partial charge in [-0.1, -0.05) is 17.3 Å². The van der Waals surface area contributed by atoms with Gasteiger partial charge in [-0.2, -0.15) is 13.2 Å². The Labute approximate surface area is 123 Å². The molecule has 2 aromatic rings. The quantitative estimate of drug-likeness (QED) is 0.645. The van der Waals surface area contributed by atoms with Crippen LogP contribution >= 0.6 is 0 Å². The number of oxime groups is 1. The molecule has 0 radical (unpaired) electrons. The van der Waals surface area contributed by atoms with Crippen LogP contribution in [0.15, 0.2) is 41.6 Å². The molecular formula is C15H11F3N2O2. The number of hydrogen-bond acceptors (Lipinski definition) is 4. The summed E-state index contributed by atoms with van der Waals surface area (Å²) in [5.74, 6) is 0.453. The zero-order valence-corrected chi connectivity index (χ0v) is 11.3. The number of ether oxygens (including phenoxy) is 1. The van der Waals surface area contributed by atoms with Crippen molar-refractivity contribution in [1.29, 1.82) is 0 Å². The van der Waals surface area contributed by atoms with Crippen molar-refractivity contribution in [2.75, 3.05) is 6.61 Å². The lowest BCUT2D eigenvalue weighted by molar-refractivity contribution is -0.137. The first-order chi connectivity index (χ1) is 10.5. The van der Waals surface area contributed by atoms with Gasteiger partial charge in [-0.3, -0.25) is 0 Å². The minimum atomic E-state index is -4.41. The highest BCUT2D eigenvalue weighted by Gasteiger charge is 2.30. The van der Waals surface area contributed by atoms with Crippen molar-refractivity contribution in [2.45, 2.75) is 12.6 Å². The molecule has 0 saturated carbocycles. The molecule has 114 valence electrons. The lowest BCUT2D eigenvalue weighted by Crippen LogP contribution is -2.18. The van der Waals surface area contributed by atoms with E-state index in [0.717, 1.165) is 12.1 Å². The Morgan fingerprint density at radius 1 is 1.18 bits per heavy atom. The van der Waals surface area contributed by atoms with Crippen LogP contribution in [0, 0.1) is 0 Å². The number of benzene rings is 1. The number of pyridine rings is 1. The molecule has 1 N–H and O–H groups in total. The second kappa shape index (κ2) is 5.32. The molecule has 3 rings (SSSR count). The van der Waals surface area contributed by atoms with E-state index in [0.29, 0.717) is 41.4 Å². The van der Waals surface area contributed by atoms with Crippen molar-refractivity contribution in [2.24, 2.45) is 5.16 Å². The highest BCUT2D eigenvalue weighted by atomic mass is 19.4. The Hall–Kier alpha value is -2.57.